The summed E-state index contributed by atoms with van der Waals surface area (Å²) in [7, 11) is 1.58. The summed E-state index contributed by atoms with van der Waals surface area (Å²) in [6.07, 6.45) is 9.61. The lowest BCUT2D eigenvalue weighted by molar-refractivity contribution is -0.134. The van der Waals surface area contributed by atoms with Crippen molar-refractivity contribution in [3.63, 3.8) is 0 Å². The molecule has 2 amide bonds. The Hall–Kier alpha value is -3.41. The van der Waals surface area contributed by atoms with Crippen LogP contribution >= 0.6 is 0 Å². The van der Waals surface area contributed by atoms with E-state index in [1.54, 1.807) is 0 Å². The maximum Gasteiger partial charge on any atom is 0.495 e. The second-order valence-electron chi connectivity index (χ2n) is 16.8. The highest BCUT2D eigenvalue weighted by Crippen LogP contribution is 2.38. The van der Waals surface area contributed by atoms with Crippen molar-refractivity contribution in [1.29, 1.82) is 0 Å². The van der Waals surface area contributed by atoms with Gasteiger partial charge in [-0.1, -0.05) is 37.1 Å². The Morgan fingerprint density at radius 1 is 0.962 bits per heavy atom. The number of ether oxygens (including phenoxy) is 1. The predicted molar refractivity (Wildman–Crippen MR) is 206 cm³/mol. The third kappa shape index (κ3) is 7.38. The fourth-order valence-electron chi connectivity index (χ4n) is 8.80. The summed E-state index contributed by atoms with van der Waals surface area (Å²) < 4.78 is 21.2. The molecule has 0 spiro atoms. The second kappa shape index (κ2) is 14.8. The molecule has 3 aliphatic heterocycles. The van der Waals surface area contributed by atoms with Crippen LogP contribution in [0.1, 0.15) is 110 Å². The molecule has 52 heavy (non-hydrogen) atoms. The minimum absolute atomic E-state index is 0.198. The summed E-state index contributed by atoms with van der Waals surface area (Å²) in [5.41, 5.74) is 4.46. The summed E-state index contributed by atoms with van der Waals surface area (Å²) in [6.45, 7) is 16.9. The van der Waals surface area contributed by atoms with Gasteiger partial charge in [-0.25, -0.2) is 0 Å². The molecule has 280 valence electrons. The highest BCUT2D eigenvalue weighted by Gasteiger charge is 2.52. The van der Waals surface area contributed by atoms with E-state index in [4.69, 9.17) is 19.1 Å². The zero-order valence-electron chi connectivity index (χ0n) is 32.4. The number of carbonyl (C=O) groups excluding carboxylic acids is 2. The van der Waals surface area contributed by atoms with Crippen molar-refractivity contribution >= 4 is 41.0 Å². The molecule has 3 aromatic rings. The molecule has 3 saturated heterocycles. The molecule has 1 saturated carbocycles. The Bertz CT molecular complexity index is 1760. The molecule has 1 aromatic heterocycles. The first-order valence-electron chi connectivity index (χ1n) is 19.7. The third-order valence-electron chi connectivity index (χ3n) is 12.9. The smallest absolute Gasteiger partial charge is 0.490 e. The number of aromatic nitrogens is 2. The predicted octanol–water partition coefficient (Wildman–Crippen LogP) is 6.02. The topological polar surface area (TPSA) is 98.2 Å². The number of rotatable bonds is 10. The molecule has 2 atom stereocenters. The van der Waals surface area contributed by atoms with Crippen molar-refractivity contribution in [2.24, 2.45) is 13.0 Å². The molecule has 4 heterocycles. The molecular weight excluding hydrogens is 653 g/mol. The van der Waals surface area contributed by atoms with Crippen LogP contribution in [0, 0.1) is 12.8 Å². The number of aryl methyl sites for hydroxylation is 1. The van der Waals surface area contributed by atoms with Crippen molar-refractivity contribution in [2.45, 2.75) is 129 Å². The number of hydrogen-bond donors (Lipinski definition) is 1. The van der Waals surface area contributed by atoms with Crippen molar-refractivity contribution in [1.82, 2.24) is 20.0 Å². The van der Waals surface area contributed by atoms with E-state index in [-0.39, 0.29) is 42.2 Å². The van der Waals surface area contributed by atoms with E-state index < -0.39 is 0 Å². The van der Waals surface area contributed by atoms with Crippen LogP contribution in [0.5, 0.6) is 5.75 Å². The van der Waals surface area contributed by atoms with Crippen molar-refractivity contribution in [2.75, 3.05) is 31.1 Å². The molecule has 2 aromatic carbocycles. The van der Waals surface area contributed by atoms with Crippen LogP contribution in [0.15, 0.2) is 36.4 Å². The first-order valence-corrected chi connectivity index (χ1v) is 19.7. The van der Waals surface area contributed by atoms with Gasteiger partial charge >= 0.3 is 7.12 Å². The molecule has 1 aliphatic carbocycles. The zero-order chi connectivity index (χ0) is 36.8. The number of fused-ring (bicyclic) bond motifs is 1. The van der Waals surface area contributed by atoms with Gasteiger partial charge in [0.05, 0.1) is 40.1 Å². The SMILES string of the molecule is Cc1c(OC2CCC(CCC[C@H](C)N3CCN(c4cccc5c(C6CCC(=O)NC6=O)nn(C)c45)CC3)CC2)cccc1B1OC(C)(C)C(C)(C)O1. The van der Waals surface area contributed by atoms with Gasteiger partial charge in [-0.05, 0) is 109 Å². The second-order valence-corrected chi connectivity index (χ2v) is 16.8. The van der Waals surface area contributed by atoms with E-state index in [0.717, 1.165) is 78.3 Å². The number of nitrogens with one attached hydrogen (secondary N) is 1. The number of amides is 2. The normalized spacial score (nSPS) is 25.8. The average molecular weight is 712 g/mol. The van der Waals surface area contributed by atoms with E-state index >= 15 is 0 Å². The summed E-state index contributed by atoms with van der Waals surface area (Å²) in [5.74, 6) is 0.914. The molecule has 11 heteroatoms. The van der Waals surface area contributed by atoms with Crippen LogP contribution in [0.2, 0.25) is 0 Å². The van der Waals surface area contributed by atoms with E-state index in [2.05, 4.69) is 93.1 Å². The number of anilines is 1. The molecule has 1 N–H and O–H groups in total. The number of para-hydroxylation sites is 1. The maximum absolute atomic E-state index is 12.7. The van der Waals surface area contributed by atoms with Crippen LogP contribution in [-0.4, -0.2) is 83.1 Å². The van der Waals surface area contributed by atoms with Gasteiger partial charge in [0.15, 0.2) is 0 Å². The lowest BCUT2D eigenvalue weighted by atomic mass is 9.76. The summed E-state index contributed by atoms with van der Waals surface area (Å²) in [6, 6.07) is 13.1. The first-order chi connectivity index (χ1) is 24.8. The van der Waals surface area contributed by atoms with Gasteiger partial charge in [0.1, 0.15) is 5.75 Å². The largest absolute Gasteiger partial charge is 0.495 e. The van der Waals surface area contributed by atoms with Crippen LogP contribution in [0.25, 0.3) is 10.9 Å². The lowest BCUT2D eigenvalue weighted by Gasteiger charge is -2.39. The number of carbonyl (C=O) groups is 2. The Balaban J connectivity index is 0.855. The van der Waals surface area contributed by atoms with Crippen molar-refractivity contribution in [3.8, 4) is 5.75 Å². The van der Waals surface area contributed by atoms with E-state index in [1.807, 2.05) is 11.7 Å². The van der Waals surface area contributed by atoms with Gasteiger partial charge < -0.3 is 18.9 Å². The highest BCUT2D eigenvalue weighted by molar-refractivity contribution is 6.62. The zero-order valence-corrected chi connectivity index (χ0v) is 32.4. The molecule has 10 nitrogen and oxygen atoms in total. The lowest BCUT2D eigenvalue weighted by Crippen LogP contribution is -2.49. The standard InChI is InChI=1S/C41H58BN5O5/c1-27(46-23-25-47(26-24-46)34-15-9-13-31-37(44-45(7)38(31)34)32-21-22-36(48)43-39(32)49)11-8-12-29-17-19-30(20-18-29)50-35-16-10-14-33(28(35)2)42-51-40(3,4)41(5,6)52-42/h9-10,13-16,27,29-30,32H,8,11-12,17-26H2,1-7H3,(H,43,48,49)/t27-,29?,30?,32?/m0/s1. The quantitative estimate of drug-likeness (QED) is 0.202. The number of hydrogen-bond acceptors (Lipinski definition) is 8. The monoisotopic (exact) mass is 711 g/mol. The fourth-order valence-corrected chi connectivity index (χ4v) is 8.80. The Labute approximate surface area is 310 Å². The Kier molecular flexibility index (Phi) is 10.5. The number of benzene rings is 2. The average Bonchev–Trinajstić information content (AvgIpc) is 3.56. The van der Waals surface area contributed by atoms with Crippen LogP contribution in [-0.2, 0) is 25.9 Å². The van der Waals surface area contributed by atoms with Gasteiger partial charge in [0, 0.05) is 51.1 Å². The maximum atomic E-state index is 12.7. The molecule has 1 unspecified atom stereocenters. The minimum Gasteiger partial charge on any atom is -0.490 e. The van der Waals surface area contributed by atoms with Gasteiger partial charge in [-0.15, -0.1) is 0 Å². The molecule has 7 rings (SSSR count). The van der Waals surface area contributed by atoms with Gasteiger partial charge in [0.2, 0.25) is 11.8 Å². The van der Waals surface area contributed by atoms with Gasteiger partial charge in [-0.3, -0.25) is 24.5 Å². The summed E-state index contributed by atoms with van der Waals surface area (Å²) in [5, 5.41) is 8.31. The van der Waals surface area contributed by atoms with Crippen LogP contribution in [0.4, 0.5) is 5.69 Å². The molecule has 0 radical (unpaired) electrons. The summed E-state index contributed by atoms with van der Waals surface area (Å²) in [4.78, 5) is 29.5. The van der Waals surface area contributed by atoms with Crippen LogP contribution in [0.3, 0.4) is 0 Å². The molecular formula is C41H58BN5O5. The van der Waals surface area contributed by atoms with Gasteiger partial charge in [0.25, 0.3) is 0 Å². The summed E-state index contributed by atoms with van der Waals surface area (Å²) >= 11 is 0. The van der Waals surface area contributed by atoms with Crippen molar-refractivity contribution < 1.29 is 23.6 Å². The molecule has 4 fully saturated rings. The number of imide groups is 1. The first kappa shape index (κ1) is 36.9. The van der Waals surface area contributed by atoms with Crippen molar-refractivity contribution in [3.05, 3.63) is 47.7 Å². The number of piperidine rings is 1. The minimum atomic E-state index is -0.390. The molecule has 0 bridgehead atoms. The van der Waals surface area contributed by atoms with E-state index in [0.29, 0.717) is 18.9 Å². The Morgan fingerprint density at radius 2 is 1.65 bits per heavy atom. The van der Waals surface area contributed by atoms with E-state index in [9.17, 15) is 9.59 Å². The Morgan fingerprint density at radius 3 is 2.35 bits per heavy atom. The third-order valence-corrected chi connectivity index (χ3v) is 12.9. The fraction of sp³-hybridized carbons (Fsp3) is 0.634. The van der Waals surface area contributed by atoms with Gasteiger partial charge in [-0.2, -0.15) is 5.10 Å². The number of nitrogens with zero attached hydrogens (tertiary/aromatic N) is 4. The number of piperazine rings is 1. The van der Waals surface area contributed by atoms with Crippen LogP contribution < -0.4 is 20.4 Å². The van der Waals surface area contributed by atoms with E-state index in [1.165, 1.54) is 37.8 Å². The highest BCUT2D eigenvalue weighted by atomic mass is 16.7. The molecule has 4 aliphatic rings.